The molecule has 0 saturated carbocycles. The number of thiazole rings is 1. The summed E-state index contributed by atoms with van der Waals surface area (Å²) in [5.41, 5.74) is 7.25. The van der Waals surface area contributed by atoms with Gasteiger partial charge in [0.25, 0.3) is 0 Å². The van der Waals surface area contributed by atoms with Crippen LogP contribution in [0, 0.1) is 0 Å². The molecule has 1 aliphatic rings. The fourth-order valence-electron chi connectivity index (χ4n) is 2.76. The van der Waals surface area contributed by atoms with E-state index in [9.17, 15) is 0 Å². The standard InChI is InChI=1S/C14H22N4OS/c1-10(15)8-12-13(16-14-18(12)5-7-20-14)17-4-3-6-19-11(2)9-17/h5,7,10-11H,3-4,6,8-9,15H2,1-2H3. The third kappa shape index (κ3) is 2.68. The van der Waals surface area contributed by atoms with Gasteiger partial charge >= 0.3 is 0 Å². The highest BCUT2D eigenvalue weighted by Gasteiger charge is 2.23. The van der Waals surface area contributed by atoms with E-state index in [1.54, 1.807) is 11.3 Å². The zero-order valence-corrected chi connectivity index (χ0v) is 12.9. The number of ether oxygens (including phenoxy) is 1. The Morgan fingerprint density at radius 3 is 3.25 bits per heavy atom. The molecule has 3 rings (SSSR count). The summed E-state index contributed by atoms with van der Waals surface area (Å²) in [4.78, 5) is 8.23. The summed E-state index contributed by atoms with van der Waals surface area (Å²) in [6, 6.07) is 0.134. The van der Waals surface area contributed by atoms with E-state index in [1.165, 1.54) is 5.69 Å². The molecule has 0 spiro atoms. The first-order chi connectivity index (χ1) is 9.65. The first kappa shape index (κ1) is 13.9. The van der Waals surface area contributed by atoms with E-state index in [-0.39, 0.29) is 12.1 Å². The van der Waals surface area contributed by atoms with Gasteiger partial charge in [0.2, 0.25) is 0 Å². The highest BCUT2D eigenvalue weighted by atomic mass is 32.1. The topological polar surface area (TPSA) is 55.8 Å². The van der Waals surface area contributed by atoms with Gasteiger partial charge in [-0.05, 0) is 20.3 Å². The van der Waals surface area contributed by atoms with Crippen molar-refractivity contribution >= 4 is 22.1 Å². The minimum absolute atomic E-state index is 0.134. The first-order valence-corrected chi connectivity index (χ1v) is 8.09. The number of hydrogen-bond donors (Lipinski definition) is 1. The monoisotopic (exact) mass is 294 g/mol. The van der Waals surface area contributed by atoms with E-state index in [2.05, 4.69) is 27.8 Å². The normalized spacial score (nSPS) is 22.1. The highest BCUT2D eigenvalue weighted by molar-refractivity contribution is 7.15. The minimum Gasteiger partial charge on any atom is -0.377 e. The number of fused-ring (bicyclic) bond motifs is 1. The zero-order chi connectivity index (χ0) is 14.1. The second-order valence-corrected chi connectivity index (χ2v) is 6.47. The van der Waals surface area contributed by atoms with Crippen molar-refractivity contribution in [2.45, 2.75) is 38.8 Å². The first-order valence-electron chi connectivity index (χ1n) is 7.21. The van der Waals surface area contributed by atoms with E-state index >= 15 is 0 Å². The van der Waals surface area contributed by atoms with Crippen LogP contribution in [-0.4, -0.2) is 41.2 Å². The van der Waals surface area contributed by atoms with Gasteiger partial charge in [-0.1, -0.05) is 0 Å². The molecule has 1 fully saturated rings. The molecule has 2 N–H and O–H groups in total. The number of anilines is 1. The molecule has 1 aliphatic heterocycles. The predicted molar refractivity (Wildman–Crippen MR) is 82.7 cm³/mol. The summed E-state index contributed by atoms with van der Waals surface area (Å²) >= 11 is 1.67. The molecule has 0 radical (unpaired) electrons. The molecule has 20 heavy (non-hydrogen) atoms. The molecule has 2 unspecified atom stereocenters. The molecule has 2 aromatic rings. The van der Waals surface area contributed by atoms with Crippen LogP contribution < -0.4 is 10.6 Å². The van der Waals surface area contributed by atoms with Gasteiger partial charge in [-0.15, -0.1) is 11.3 Å². The fraction of sp³-hybridized carbons (Fsp3) is 0.643. The SMILES string of the molecule is CC(N)Cc1c(N2CCCOC(C)C2)nc2sccn12. The maximum absolute atomic E-state index is 6.02. The van der Waals surface area contributed by atoms with Crippen LogP contribution in [0.4, 0.5) is 5.82 Å². The second-order valence-electron chi connectivity index (χ2n) is 5.60. The summed E-state index contributed by atoms with van der Waals surface area (Å²) in [6.45, 7) is 6.91. The van der Waals surface area contributed by atoms with Gasteiger partial charge in [0.1, 0.15) is 0 Å². The molecule has 2 aromatic heterocycles. The Morgan fingerprint density at radius 2 is 2.45 bits per heavy atom. The van der Waals surface area contributed by atoms with Crippen LogP contribution >= 0.6 is 11.3 Å². The summed E-state index contributed by atoms with van der Waals surface area (Å²) in [6.07, 6.45) is 4.23. The molecular weight excluding hydrogens is 272 g/mol. The van der Waals surface area contributed by atoms with Crippen LogP contribution in [0.25, 0.3) is 4.96 Å². The number of nitrogens with two attached hydrogens (primary N) is 1. The molecular formula is C14H22N4OS. The van der Waals surface area contributed by atoms with Crippen LogP contribution in [0.2, 0.25) is 0 Å². The van der Waals surface area contributed by atoms with Crippen LogP contribution in [0.3, 0.4) is 0 Å². The van der Waals surface area contributed by atoms with E-state index in [0.29, 0.717) is 0 Å². The minimum atomic E-state index is 0.134. The van der Waals surface area contributed by atoms with Crippen molar-refractivity contribution in [2.75, 3.05) is 24.6 Å². The summed E-state index contributed by atoms with van der Waals surface area (Å²) in [5.74, 6) is 1.09. The predicted octanol–water partition coefficient (Wildman–Crippen LogP) is 1.90. The van der Waals surface area contributed by atoms with Crippen LogP contribution in [-0.2, 0) is 11.2 Å². The van der Waals surface area contributed by atoms with Crippen molar-refractivity contribution in [3.63, 3.8) is 0 Å². The molecule has 0 amide bonds. The van der Waals surface area contributed by atoms with Gasteiger partial charge in [0.15, 0.2) is 10.8 Å². The Morgan fingerprint density at radius 1 is 1.60 bits per heavy atom. The number of imidazole rings is 1. The van der Waals surface area contributed by atoms with Gasteiger partial charge in [0, 0.05) is 43.7 Å². The Hall–Kier alpha value is -1.11. The number of hydrogen-bond acceptors (Lipinski definition) is 5. The molecule has 6 heteroatoms. The van der Waals surface area contributed by atoms with E-state index in [4.69, 9.17) is 15.5 Å². The van der Waals surface area contributed by atoms with E-state index in [0.717, 1.165) is 43.3 Å². The third-order valence-electron chi connectivity index (χ3n) is 3.61. The Balaban J connectivity index is 1.98. The van der Waals surface area contributed by atoms with Gasteiger partial charge in [-0.3, -0.25) is 4.40 Å². The van der Waals surface area contributed by atoms with E-state index in [1.807, 2.05) is 6.92 Å². The van der Waals surface area contributed by atoms with Crippen molar-refractivity contribution in [1.82, 2.24) is 9.38 Å². The van der Waals surface area contributed by atoms with Crippen molar-refractivity contribution in [3.8, 4) is 0 Å². The molecule has 5 nitrogen and oxygen atoms in total. The molecule has 0 aromatic carbocycles. The van der Waals surface area contributed by atoms with Crippen LogP contribution in [0.1, 0.15) is 26.0 Å². The van der Waals surface area contributed by atoms with Crippen molar-refractivity contribution in [1.29, 1.82) is 0 Å². The lowest BCUT2D eigenvalue weighted by Crippen LogP contribution is -2.32. The number of nitrogens with zero attached hydrogens (tertiary/aromatic N) is 3. The third-order valence-corrected chi connectivity index (χ3v) is 4.36. The average molecular weight is 294 g/mol. The van der Waals surface area contributed by atoms with Gasteiger partial charge in [0.05, 0.1) is 11.8 Å². The van der Waals surface area contributed by atoms with Crippen LogP contribution in [0.5, 0.6) is 0 Å². The van der Waals surface area contributed by atoms with Gasteiger partial charge < -0.3 is 15.4 Å². The largest absolute Gasteiger partial charge is 0.377 e. The van der Waals surface area contributed by atoms with Crippen LogP contribution in [0.15, 0.2) is 11.6 Å². The number of aromatic nitrogens is 2. The lowest BCUT2D eigenvalue weighted by Gasteiger charge is -2.23. The molecule has 0 aliphatic carbocycles. The van der Waals surface area contributed by atoms with E-state index < -0.39 is 0 Å². The maximum atomic E-state index is 6.02. The van der Waals surface area contributed by atoms with Crippen molar-refractivity contribution in [2.24, 2.45) is 5.73 Å². The highest BCUT2D eigenvalue weighted by Crippen LogP contribution is 2.27. The van der Waals surface area contributed by atoms with Gasteiger partial charge in [-0.25, -0.2) is 4.98 Å². The average Bonchev–Trinajstić information content (AvgIpc) is 2.89. The quantitative estimate of drug-likeness (QED) is 0.939. The lowest BCUT2D eigenvalue weighted by molar-refractivity contribution is 0.0820. The molecule has 2 atom stereocenters. The van der Waals surface area contributed by atoms with Crippen molar-refractivity contribution in [3.05, 3.63) is 17.3 Å². The Labute approximate surface area is 123 Å². The Bertz CT molecular complexity index is 577. The smallest absolute Gasteiger partial charge is 0.195 e. The molecule has 110 valence electrons. The number of rotatable bonds is 3. The summed E-state index contributed by atoms with van der Waals surface area (Å²) < 4.78 is 7.91. The summed E-state index contributed by atoms with van der Waals surface area (Å²) in [5, 5.41) is 2.07. The molecule has 1 saturated heterocycles. The lowest BCUT2D eigenvalue weighted by atomic mass is 10.2. The van der Waals surface area contributed by atoms with Crippen molar-refractivity contribution < 1.29 is 4.74 Å². The second kappa shape index (κ2) is 5.71. The molecule has 0 bridgehead atoms. The van der Waals surface area contributed by atoms with Gasteiger partial charge in [-0.2, -0.15) is 0 Å². The fourth-order valence-corrected chi connectivity index (χ4v) is 3.48. The summed E-state index contributed by atoms with van der Waals surface area (Å²) in [7, 11) is 0. The maximum Gasteiger partial charge on any atom is 0.195 e. The Kier molecular flexibility index (Phi) is 3.96. The molecule has 3 heterocycles. The zero-order valence-electron chi connectivity index (χ0n) is 12.1.